The molecule has 0 atom stereocenters. The van der Waals surface area contributed by atoms with Gasteiger partial charge in [0.15, 0.2) is 5.96 Å². The van der Waals surface area contributed by atoms with Crippen LogP contribution in [0.15, 0.2) is 29.3 Å². The van der Waals surface area contributed by atoms with Crippen LogP contribution in [0.2, 0.25) is 0 Å². The Morgan fingerprint density at radius 2 is 1.96 bits per heavy atom. The highest BCUT2D eigenvalue weighted by Gasteiger charge is 2.16. The van der Waals surface area contributed by atoms with Crippen LogP contribution in [0.25, 0.3) is 0 Å². The minimum Gasteiger partial charge on any atom is -0.496 e. The zero-order valence-electron chi connectivity index (χ0n) is 16.7. The molecule has 0 spiro atoms. The molecular weight excluding hydrogens is 455 g/mol. The highest BCUT2D eigenvalue weighted by Crippen LogP contribution is 2.19. The van der Waals surface area contributed by atoms with E-state index in [1.165, 1.54) is 19.3 Å². The van der Waals surface area contributed by atoms with Crippen molar-refractivity contribution in [2.24, 2.45) is 4.99 Å². The molecule has 27 heavy (non-hydrogen) atoms. The van der Waals surface area contributed by atoms with Crippen molar-refractivity contribution in [1.29, 1.82) is 0 Å². The summed E-state index contributed by atoms with van der Waals surface area (Å²) < 4.78 is 5.42. The second kappa shape index (κ2) is 12.8. The van der Waals surface area contributed by atoms with Gasteiger partial charge in [-0.25, -0.2) is 4.99 Å². The number of hydrogen-bond donors (Lipinski definition) is 2. The van der Waals surface area contributed by atoms with Crippen LogP contribution in [0, 0.1) is 0 Å². The van der Waals surface area contributed by atoms with Gasteiger partial charge < -0.3 is 20.3 Å². The number of carbonyl (C=O) groups excluding carboxylic acids is 1. The molecule has 6 nitrogen and oxygen atoms in total. The number of aliphatic imine (C=N–C) groups is 1. The highest BCUT2D eigenvalue weighted by atomic mass is 127. The molecule has 0 bridgehead atoms. The molecule has 0 aromatic heterocycles. The molecule has 1 fully saturated rings. The molecule has 152 valence electrons. The molecule has 1 saturated carbocycles. The van der Waals surface area contributed by atoms with Crippen molar-refractivity contribution in [1.82, 2.24) is 15.5 Å². The van der Waals surface area contributed by atoms with Crippen LogP contribution >= 0.6 is 24.0 Å². The largest absolute Gasteiger partial charge is 0.496 e. The number of halogens is 1. The normalized spacial score (nSPS) is 14.9. The number of methoxy groups -OCH3 is 1. The first-order valence-electron chi connectivity index (χ1n) is 9.54. The van der Waals surface area contributed by atoms with E-state index < -0.39 is 0 Å². The Morgan fingerprint density at radius 1 is 1.26 bits per heavy atom. The minimum absolute atomic E-state index is 0. The van der Waals surface area contributed by atoms with Crippen LogP contribution in [0.5, 0.6) is 5.75 Å². The third-order valence-corrected chi connectivity index (χ3v) is 4.64. The van der Waals surface area contributed by atoms with Crippen molar-refractivity contribution in [3.63, 3.8) is 0 Å². The zero-order chi connectivity index (χ0) is 18.8. The maximum absolute atomic E-state index is 12.2. The Bertz CT molecular complexity index is 603. The molecular formula is C20H33IN4O2. The van der Waals surface area contributed by atoms with Gasteiger partial charge in [0, 0.05) is 31.7 Å². The van der Waals surface area contributed by atoms with Crippen LogP contribution < -0.4 is 15.4 Å². The van der Waals surface area contributed by atoms with Crippen molar-refractivity contribution < 1.29 is 9.53 Å². The molecule has 1 aliphatic rings. The number of guanidine groups is 1. The summed E-state index contributed by atoms with van der Waals surface area (Å²) in [7, 11) is 3.64. The van der Waals surface area contributed by atoms with E-state index in [0.29, 0.717) is 12.6 Å². The Balaban J connectivity index is 0.00000364. The second-order valence-electron chi connectivity index (χ2n) is 6.74. The van der Waals surface area contributed by atoms with E-state index in [1.54, 1.807) is 7.11 Å². The van der Waals surface area contributed by atoms with Gasteiger partial charge in [0.25, 0.3) is 0 Å². The van der Waals surface area contributed by atoms with E-state index in [4.69, 9.17) is 4.74 Å². The van der Waals surface area contributed by atoms with E-state index in [0.717, 1.165) is 36.7 Å². The summed E-state index contributed by atoms with van der Waals surface area (Å²) in [5.41, 5.74) is 1.08. The average Bonchev–Trinajstić information content (AvgIpc) is 2.66. The molecule has 0 saturated heterocycles. The molecule has 1 aliphatic carbocycles. The average molecular weight is 488 g/mol. The lowest BCUT2D eigenvalue weighted by Gasteiger charge is -2.24. The molecule has 2 rings (SSSR count). The maximum Gasteiger partial charge on any atom is 0.242 e. The zero-order valence-corrected chi connectivity index (χ0v) is 19.0. The third-order valence-electron chi connectivity index (χ3n) is 4.64. The number of rotatable bonds is 7. The number of ether oxygens (including phenoxy) is 1. The SMILES string of the molecule is CCNC(=NCC(=O)NC1CCCCC1)N(C)Cc1ccccc1OC.I. The highest BCUT2D eigenvalue weighted by molar-refractivity contribution is 14.0. The van der Waals surface area contributed by atoms with Gasteiger partial charge in [-0.3, -0.25) is 4.79 Å². The lowest BCUT2D eigenvalue weighted by molar-refractivity contribution is -0.120. The van der Waals surface area contributed by atoms with Crippen molar-refractivity contribution in [2.75, 3.05) is 27.2 Å². The van der Waals surface area contributed by atoms with Gasteiger partial charge in [-0.2, -0.15) is 0 Å². The van der Waals surface area contributed by atoms with Crippen LogP contribution in [0.3, 0.4) is 0 Å². The van der Waals surface area contributed by atoms with Gasteiger partial charge in [-0.05, 0) is 25.8 Å². The first-order chi connectivity index (χ1) is 12.6. The lowest BCUT2D eigenvalue weighted by Crippen LogP contribution is -2.41. The number of para-hydroxylation sites is 1. The number of hydrogen-bond acceptors (Lipinski definition) is 3. The van der Waals surface area contributed by atoms with Gasteiger partial charge in [0.05, 0.1) is 7.11 Å². The monoisotopic (exact) mass is 488 g/mol. The molecule has 1 aromatic rings. The number of carbonyl (C=O) groups is 1. The third kappa shape index (κ3) is 7.94. The summed E-state index contributed by atoms with van der Waals surface area (Å²) >= 11 is 0. The van der Waals surface area contributed by atoms with Gasteiger partial charge in [0.2, 0.25) is 5.91 Å². The number of amides is 1. The molecule has 0 unspecified atom stereocenters. The summed E-state index contributed by atoms with van der Waals surface area (Å²) in [5, 5.41) is 6.37. The van der Waals surface area contributed by atoms with Gasteiger partial charge >= 0.3 is 0 Å². The lowest BCUT2D eigenvalue weighted by atomic mass is 9.95. The summed E-state index contributed by atoms with van der Waals surface area (Å²) in [4.78, 5) is 18.7. The van der Waals surface area contributed by atoms with Crippen LogP contribution in [-0.4, -0.2) is 50.1 Å². The molecule has 7 heteroatoms. The van der Waals surface area contributed by atoms with Crippen molar-refractivity contribution in [2.45, 2.75) is 51.6 Å². The molecule has 1 aromatic carbocycles. The van der Waals surface area contributed by atoms with E-state index >= 15 is 0 Å². The predicted octanol–water partition coefficient (Wildman–Crippen LogP) is 3.16. The van der Waals surface area contributed by atoms with E-state index in [2.05, 4.69) is 15.6 Å². The summed E-state index contributed by atoms with van der Waals surface area (Å²) in [6, 6.07) is 8.25. The van der Waals surface area contributed by atoms with E-state index in [9.17, 15) is 4.79 Å². The van der Waals surface area contributed by atoms with Gasteiger partial charge in [0.1, 0.15) is 12.3 Å². The summed E-state index contributed by atoms with van der Waals surface area (Å²) in [5.74, 6) is 1.57. The first-order valence-corrected chi connectivity index (χ1v) is 9.54. The summed E-state index contributed by atoms with van der Waals surface area (Å²) in [6.45, 7) is 3.57. The van der Waals surface area contributed by atoms with Crippen molar-refractivity contribution in [3.05, 3.63) is 29.8 Å². The smallest absolute Gasteiger partial charge is 0.242 e. The van der Waals surface area contributed by atoms with E-state index in [-0.39, 0.29) is 36.4 Å². The van der Waals surface area contributed by atoms with Crippen molar-refractivity contribution >= 4 is 35.8 Å². The fraction of sp³-hybridized carbons (Fsp3) is 0.600. The number of nitrogens with one attached hydrogen (secondary N) is 2. The molecule has 2 N–H and O–H groups in total. The van der Waals surface area contributed by atoms with Gasteiger partial charge in [-0.15, -0.1) is 24.0 Å². The molecule has 0 heterocycles. The molecule has 0 aliphatic heterocycles. The molecule has 0 radical (unpaired) electrons. The fourth-order valence-electron chi connectivity index (χ4n) is 3.30. The Kier molecular flexibility index (Phi) is 11.2. The van der Waals surface area contributed by atoms with Crippen LogP contribution in [0.1, 0.15) is 44.6 Å². The first kappa shape index (κ1) is 23.5. The predicted molar refractivity (Wildman–Crippen MR) is 121 cm³/mol. The minimum atomic E-state index is -0.00186. The van der Waals surface area contributed by atoms with E-state index in [1.807, 2.05) is 43.1 Å². The fourth-order valence-corrected chi connectivity index (χ4v) is 3.30. The van der Waals surface area contributed by atoms with Crippen LogP contribution in [-0.2, 0) is 11.3 Å². The molecule has 1 amide bonds. The maximum atomic E-state index is 12.2. The van der Waals surface area contributed by atoms with Gasteiger partial charge in [-0.1, -0.05) is 37.5 Å². The topological polar surface area (TPSA) is 66.0 Å². The standard InChI is InChI=1S/C20H32N4O2.HI/c1-4-21-20(22-14-19(25)23-17-11-6-5-7-12-17)24(2)15-16-10-8-9-13-18(16)26-3;/h8-10,13,17H,4-7,11-12,14-15H2,1-3H3,(H,21,22)(H,23,25);1H. The van der Waals surface area contributed by atoms with Crippen molar-refractivity contribution in [3.8, 4) is 5.75 Å². The Hall–Kier alpha value is -1.51. The summed E-state index contributed by atoms with van der Waals surface area (Å²) in [6.07, 6.45) is 5.87. The van der Waals surface area contributed by atoms with Crippen LogP contribution in [0.4, 0.5) is 0 Å². The number of nitrogens with zero attached hydrogens (tertiary/aromatic N) is 2. The number of benzene rings is 1. The quantitative estimate of drug-likeness (QED) is 0.352. The second-order valence-corrected chi connectivity index (χ2v) is 6.74. The Morgan fingerprint density at radius 3 is 2.63 bits per heavy atom. The Labute approximate surface area is 180 Å².